The predicted molar refractivity (Wildman–Crippen MR) is 100 cm³/mol. The van der Waals surface area contributed by atoms with Crippen LogP contribution in [0.1, 0.15) is 17.5 Å². The minimum atomic E-state index is -0.297. The molecule has 0 saturated heterocycles. The van der Waals surface area contributed by atoms with Gasteiger partial charge in [-0.05, 0) is 36.6 Å². The van der Waals surface area contributed by atoms with Gasteiger partial charge in [0.25, 0.3) is 0 Å². The van der Waals surface area contributed by atoms with Crippen LogP contribution in [0.25, 0.3) is 5.82 Å². The van der Waals surface area contributed by atoms with Crippen molar-refractivity contribution < 1.29 is 4.79 Å². The summed E-state index contributed by atoms with van der Waals surface area (Å²) in [5.74, 6) is 0.377. The van der Waals surface area contributed by atoms with Crippen LogP contribution in [0.5, 0.6) is 0 Å². The van der Waals surface area contributed by atoms with E-state index in [-0.39, 0.29) is 6.03 Å². The van der Waals surface area contributed by atoms with Gasteiger partial charge in [0, 0.05) is 12.2 Å². The Labute approximate surface area is 160 Å². The van der Waals surface area contributed by atoms with Gasteiger partial charge >= 0.3 is 6.03 Å². The van der Waals surface area contributed by atoms with Crippen molar-refractivity contribution in [2.24, 2.45) is 0 Å². The Hall–Kier alpha value is -3.44. The Bertz CT molecular complexity index is 1040. The summed E-state index contributed by atoms with van der Waals surface area (Å²) in [6.45, 7) is 0.574. The molecule has 0 unspecified atom stereocenters. The Morgan fingerprint density at radius 1 is 1.30 bits per heavy atom. The number of halogens is 1. The lowest BCUT2D eigenvalue weighted by Gasteiger charge is -2.30. The second-order valence-electron chi connectivity index (χ2n) is 5.95. The molecule has 0 radical (unpaired) electrons. The maximum atomic E-state index is 12.8. The molecular weight excluding hydrogens is 366 g/mol. The van der Waals surface area contributed by atoms with Gasteiger partial charge in [-0.1, -0.05) is 17.7 Å². The number of fused-ring (bicyclic) bond motifs is 1. The minimum absolute atomic E-state index is 0.297. The summed E-state index contributed by atoms with van der Waals surface area (Å²) < 4.78 is 0. The molecule has 0 spiro atoms. The highest BCUT2D eigenvalue weighted by atomic mass is 35.5. The molecule has 1 aliphatic heterocycles. The zero-order valence-electron chi connectivity index (χ0n) is 14.1. The highest BCUT2D eigenvalue weighted by Gasteiger charge is 2.24. The number of nitrogens with one attached hydrogen (secondary N) is 1. The van der Waals surface area contributed by atoms with Crippen LogP contribution >= 0.6 is 11.6 Å². The van der Waals surface area contributed by atoms with Gasteiger partial charge < -0.3 is 5.32 Å². The van der Waals surface area contributed by atoms with Crippen LogP contribution in [0.15, 0.2) is 42.9 Å². The SMILES string of the molecule is N#Cc1cccc2c1CCCN2C(=O)Nc1cnc(-n2nccn2)c(Cl)c1. The van der Waals surface area contributed by atoms with E-state index in [1.165, 1.54) is 23.4 Å². The molecule has 27 heavy (non-hydrogen) atoms. The molecule has 2 aromatic heterocycles. The summed E-state index contributed by atoms with van der Waals surface area (Å²) in [5, 5.41) is 20.4. The van der Waals surface area contributed by atoms with Gasteiger partial charge in [-0.2, -0.15) is 15.5 Å². The number of nitrogens with zero attached hydrogens (tertiary/aromatic N) is 6. The van der Waals surface area contributed by atoms with Gasteiger partial charge in [0.1, 0.15) is 0 Å². The predicted octanol–water partition coefficient (Wildman–Crippen LogP) is 3.17. The Morgan fingerprint density at radius 2 is 2.11 bits per heavy atom. The van der Waals surface area contributed by atoms with Gasteiger partial charge in [-0.25, -0.2) is 9.78 Å². The van der Waals surface area contributed by atoms with Crippen molar-refractivity contribution in [3.8, 4) is 11.9 Å². The normalized spacial score (nSPS) is 13.0. The Kier molecular flexibility index (Phi) is 4.44. The number of hydrogen-bond donors (Lipinski definition) is 1. The van der Waals surface area contributed by atoms with Crippen molar-refractivity contribution in [3.05, 3.63) is 59.0 Å². The molecule has 3 heterocycles. The molecule has 134 valence electrons. The van der Waals surface area contributed by atoms with E-state index >= 15 is 0 Å². The van der Waals surface area contributed by atoms with E-state index in [2.05, 4.69) is 26.6 Å². The molecule has 4 rings (SSSR count). The summed E-state index contributed by atoms with van der Waals surface area (Å²) >= 11 is 6.25. The number of aromatic nitrogens is 4. The lowest BCUT2D eigenvalue weighted by Crippen LogP contribution is -2.39. The summed E-state index contributed by atoms with van der Waals surface area (Å²) in [6.07, 6.45) is 6.12. The van der Waals surface area contributed by atoms with E-state index in [0.717, 1.165) is 24.1 Å². The second kappa shape index (κ2) is 7.05. The van der Waals surface area contributed by atoms with Crippen molar-refractivity contribution in [1.29, 1.82) is 5.26 Å². The van der Waals surface area contributed by atoms with Crippen molar-refractivity contribution in [2.45, 2.75) is 12.8 Å². The van der Waals surface area contributed by atoms with Crippen LogP contribution in [0.2, 0.25) is 5.02 Å². The number of carbonyl (C=O) groups is 1. The standard InChI is InChI=1S/C18H14ClN7O/c19-15-9-13(11-21-17(15)26-22-6-7-23-26)24-18(27)25-8-2-4-14-12(10-20)3-1-5-16(14)25/h1,3,5-7,9,11H,2,4,8H2,(H,24,27). The van der Waals surface area contributed by atoms with Crippen LogP contribution in [-0.2, 0) is 6.42 Å². The summed E-state index contributed by atoms with van der Waals surface area (Å²) in [4.78, 5) is 19.9. The van der Waals surface area contributed by atoms with E-state index in [1.54, 1.807) is 23.1 Å². The first-order valence-corrected chi connectivity index (χ1v) is 8.68. The Balaban J connectivity index is 1.58. The third-order valence-electron chi connectivity index (χ3n) is 4.30. The van der Waals surface area contributed by atoms with E-state index < -0.39 is 0 Å². The molecule has 1 N–H and O–H groups in total. The molecule has 3 aromatic rings. The maximum Gasteiger partial charge on any atom is 0.326 e. The molecular formula is C18H14ClN7O. The van der Waals surface area contributed by atoms with E-state index in [9.17, 15) is 10.1 Å². The van der Waals surface area contributed by atoms with Crippen molar-refractivity contribution in [3.63, 3.8) is 0 Å². The average molecular weight is 380 g/mol. The lowest BCUT2D eigenvalue weighted by molar-refractivity contribution is 0.256. The van der Waals surface area contributed by atoms with Crippen LogP contribution < -0.4 is 10.2 Å². The van der Waals surface area contributed by atoms with Gasteiger partial charge in [0.05, 0.1) is 40.9 Å². The summed E-state index contributed by atoms with van der Waals surface area (Å²) in [7, 11) is 0. The van der Waals surface area contributed by atoms with Crippen molar-refractivity contribution in [1.82, 2.24) is 20.0 Å². The maximum absolute atomic E-state index is 12.8. The molecule has 0 fully saturated rings. The molecule has 8 nitrogen and oxygen atoms in total. The number of pyridine rings is 1. The monoisotopic (exact) mass is 379 g/mol. The third-order valence-corrected chi connectivity index (χ3v) is 4.58. The minimum Gasteiger partial charge on any atom is -0.306 e. The number of urea groups is 1. The fourth-order valence-electron chi connectivity index (χ4n) is 3.10. The number of amides is 2. The largest absolute Gasteiger partial charge is 0.326 e. The van der Waals surface area contributed by atoms with Crippen LogP contribution in [0, 0.1) is 11.3 Å². The summed E-state index contributed by atoms with van der Waals surface area (Å²) in [6, 6.07) is 8.90. The van der Waals surface area contributed by atoms with Crippen molar-refractivity contribution in [2.75, 3.05) is 16.8 Å². The first kappa shape index (κ1) is 17.0. The molecule has 0 saturated carbocycles. The number of carbonyl (C=O) groups excluding carboxylic acids is 1. The van der Waals surface area contributed by atoms with Crippen LogP contribution in [-0.4, -0.2) is 32.6 Å². The molecule has 0 aliphatic carbocycles. The molecule has 0 atom stereocenters. The zero-order valence-corrected chi connectivity index (χ0v) is 14.9. The highest BCUT2D eigenvalue weighted by molar-refractivity contribution is 6.32. The fraction of sp³-hybridized carbons (Fsp3) is 0.167. The topological polar surface area (TPSA) is 99.7 Å². The highest BCUT2D eigenvalue weighted by Crippen LogP contribution is 2.30. The lowest BCUT2D eigenvalue weighted by atomic mass is 9.97. The van der Waals surface area contributed by atoms with Gasteiger partial charge in [-0.15, -0.1) is 4.80 Å². The van der Waals surface area contributed by atoms with E-state index in [1.807, 2.05) is 6.07 Å². The molecule has 0 bridgehead atoms. The number of anilines is 2. The fourth-order valence-corrected chi connectivity index (χ4v) is 3.34. The number of hydrogen-bond acceptors (Lipinski definition) is 5. The van der Waals surface area contributed by atoms with Gasteiger partial charge in [0.15, 0.2) is 5.82 Å². The number of nitriles is 1. The third kappa shape index (κ3) is 3.20. The smallest absolute Gasteiger partial charge is 0.306 e. The van der Waals surface area contributed by atoms with Crippen LogP contribution in [0.4, 0.5) is 16.2 Å². The number of rotatable bonds is 2. The van der Waals surface area contributed by atoms with E-state index in [4.69, 9.17) is 11.6 Å². The van der Waals surface area contributed by atoms with Crippen LogP contribution in [0.3, 0.4) is 0 Å². The van der Waals surface area contributed by atoms with E-state index in [0.29, 0.717) is 28.6 Å². The quantitative estimate of drug-likeness (QED) is 0.737. The summed E-state index contributed by atoms with van der Waals surface area (Å²) in [5.41, 5.74) is 2.72. The Morgan fingerprint density at radius 3 is 2.85 bits per heavy atom. The van der Waals surface area contributed by atoms with Gasteiger partial charge in [-0.3, -0.25) is 4.90 Å². The van der Waals surface area contributed by atoms with Gasteiger partial charge in [0.2, 0.25) is 0 Å². The zero-order chi connectivity index (χ0) is 18.8. The first-order chi connectivity index (χ1) is 13.2. The number of benzene rings is 1. The molecule has 1 aromatic carbocycles. The van der Waals surface area contributed by atoms with Crippen molar-refractivity contribution >= 4 is 29.0 Å². The molecule has 1 aliphatic rings. The average Bonchev–Trinajstić information content (AvgIpc) is 3.21. The second-order valence-corrected chi connectivity index (χ2v) is 6.36. The molecule has 9 heteroatoms. The molecule has 2 amide bonds. The first-order valence-electron chi connectivity index (χ1n) is 8.30.